The molecular formula is C16H10ClNO2. The smallest absolute Gasteiger partial charge is 0.347 e. The Morgan fingerprint density at radius 1 is 1.00 bits per heavy atom. The van der Waals surface area contributed by atoms with Crippen LogP contribution in [0.25, 0.3) is 23.1 Å². The van der Waals surface area contributed by atoms with Gasteiger partial charge in [0.05, 0.1) is 10.9 Å². The topological polar surface area (TPSA) is 43.1 Å². The Balaban J connectivity index is 1.98. The number of nitrogens with zero attached hydrogens (tertiary/aromatic N) is 1. The first-order chi connectivity index (χ1) is 9.72. The summed E-state index contributed by atoms with van der Waals surface area (Å²) in [5.41, 5.74) is 1.19. The van der Waals surface area contributed by atoms with Crippen molar-refractivity contribution in [1.82, 2.24) is 4.98 Å². The van der Waals surface area contributed by atoms with Gasteiger partial charge in [-0.05, 0) is 35.9 Å². The normalized spacial score (nSPS) is 11.2. The molecule has 0 saturated carbocycles. The van der Waals surface area contributed by atoms with Gasteiger partial charge in [-0.25, -0.2) is 9.78 Å². The maximum absolute atomic E-state index is 11.8. The second-order valence-corrected chi connectivity index (χ2v) is 4.68. The summed E-state index contributed by atoms with van der Waals surface area (Å²) in [7, 11) is 0. The van der Waals surface area contributed by atoms with Crippen molar-refractivity contribution < 1.29 is 4.42 Å². The van der Waals surface area contributed by atoms with Crippen LogP contribution in [0.1, 0.15) is 11.5 Å². The zero-order valence-electron chi connectivity index (χ0n) is 10.4. The molecule has 2 aromatic carbocycles. The predicted octanol–water partition coefficient (Wildman–Crippen LogP) is 4.01. The molecule has 1 aromatic heterocycles. The van der Waals surface area contributed by atoms with Crippen molar-refractivity contribution in [2.45, 2.75) is 0 Å². The Kier molecular flexibility index (Phi) is 3.35. The van der Waals surface area contributed by atoms with Crippen molar-refractivity contribution in [3.8, 4) is 0 Å². The van der Waals surface area contributed by atoms with Crippen molar-refractivity contribution in [3.05, 3.63) is 75.4 Å². The summed E-state index contributed by atoms with van der Waals surface area (Å²) in [4.78, 5) is 16.1. The third-order valence-corrected chi connectivity index (χ3v) is 3.09. The maximum atomic E-state index is 11.8. The SMILES string of the molecule is O=c1oc(C=Cc2ccc(Cl)cc2)nc2ccccc12. The molecule has 4 heteroatoms. The monoisotopic (exact) mass is 283 g/mol. The minimum atomic E-state index is -0.383. The molecule has 3 rings (SSSR count). The van der Waals surface area contributed by atoms with E-state index in [2.05, 4.69) is 4.98 Å². The number of fused-ring (bicyclic) bond motifs is 1. The molecule has 1 heterocycles. The Morgan fingerprint density at radius 2 is 1.75 bits per heavy atom. The minimum absolute atomic E-state index is 0.281. The van der Waals surface area contributed by atoms with Gasteiger partial charge >= 0.3 is 5.63 Å². The van der Waals surface area contributed by atoms with E-state index >= 15 is 0 Å². The first-order valence-electron chi connectivity index (χ1n) is 6.06. The molecule has 20 heavy (non-hydrogen) atoms. The van der Waals surface area contributed by atoms with Gasteiger partial charge in [0.15, 0.2) is 0 Å². The Hall–Kier alpha value is -2.39. The average Bonchev–Trinajstić information content (AvgIpc) is 2.47. The first-order valence-corrected chi connectivity index (χ1v) is 6.44. The van der Waals surface area contributed by atoms with Crippen LogP contribution in [-0.2, 0) is 0 Å². The Morgan fingerprint density at radius 3 is 2.55 bits per heavy atom. The van der Waals surface area contributed by atoms with Crippen molar-refractivity contribution in [2.24, 2.45) is 0 Å². The number of para-hydroxylation sites is 1. The van der Waals surface area contributed by atoms with Crippen LogP contribution in [0.15, 0.2) is 57.7 Å². The fourth-order valence-corrected chi connectivity index (χ4v) is 1.97. The van der Waals surface area contributed by atoms with Gasteiger partial charge < -0.3 is 4.42 Å². The molecule has 0 spiro atoms. The first kappa shape index (κ1) is 12.6. The predicted molar refractivity (Wildman–Crippen MR) is 80.7 cm³/mol. The zero-order valence-corrected chi connectivity index (χ0v) is 11.2. The van der Waals surface area contributed by atoms with E-state index in [0.717, 1.165) is 5.56 Å². The van der Waals surface area contributed by atoms with Gasteiger partial charge in [-0.15, -0.1) is 0 Å². The lowest BCUT2D eigenvalue weighted by Crippen LogP contribution is -2.02. The van der Waals surface area contributed by atoms with Crippen LogP contribution in [0.4, 0.5) is 0 Å². The molecule has 0 fully saturated rings. The fraction of sp³-hybridized carbons (Fsp3) is 0. The molecule has 0 aliphatic rings. The molecule has 98 valence electrons. The number of aromatic nitrogens is 1. The number of halogens is 1. The van der Waals surface area contributed by atoms with E-state index in [4.69, 9.17) is 16.0 Å². The summed E-state index contributed by atoms with van der Waals surface area (Å²) < 4.78 is 5.16. The standard InChI is InChI=1S/C16H10ClNO2/c17-12-8-5-11(6-9-12)7-10-15-18-14-4-2-1-3-13(14)16(19)20-15/h1-10H. The lowest BCUT2D eigenvalue weighted by atomic mass is 10.2. The summed E-state index contributed by atoms with van der Waals surface area (Å²) in [6.45, 7) is 0. The van der Waals surface area contributed by atoms with Crippen molar-refractivity contribution in [3.63, 3.8) is 0 Å². The van der Waals surface area contributed by atoms with E-state index < -0.39 is 0 Å². The van der Waals surface area contributed by atoms with Gasteiger partial charge in [0.25, 0.3) is 0 Å². The summed E-state index contributed by atoms with van der Waals surface area (Å²) >= 11 is 5.82. The van der Waals surface area contributed by atoms with Gasteiger partial charge in [-0.2, -0.15) is 0 Å². The van der Waals surface area contributed by atoms with Crippen LogP contribution < -0.4 is 5.63 Å². The molecule has 0 bridgehead atoms. The van der Waals surface area contributed by atoms with E-state index in [9.17, 15) is 4.79 Å². The van der Waals surface area contributed by atoms with E-state index in [1.807, 2.05) is 24.3 Å². The number of benzene rings is 2. The van der Waals surface area contributed by atoms with Gasteiger partial charge in [-0.3, -0.25) is 0 Å². The molecule has 0 unspecified atom stereocenters. The van der Waals surface area contributed by atoms with Crippen molar-refractivity contribution >= 4 is 34.7 Å². The molecule has 3 aromatic rings. The molecular weight excluding hydrogens is 274 g/mol. The average molecular weight is 284 g/mol. The highest BCUT2D eigenvalue weighted by Crippen LogP contribution is 2.13. The highest BCUT2D eigenvalue weighted by atomic mass is 35.5. The van der Waals surface area contributed by atoms with Crippen LogP contribution in [-0.4, -0.2) is 4.98 Å². The van der Waals surface area contributed by atoms with Crippen LogP contribution in [0, 0.1) is 0 Å². The van der Waals surface area contributed by atoms with Crippen LogP contribution in [0.5, 0.6) is 0 Å². The fourth-order valence-electron chi connectivity index (χ4n) is 1.85. The van der Waals surface area contributed by atoms with Crippen LogP contribution in [0.3, 0.4) is 0 Å². The lowest BCUT2D eigenvalue weighted by molar-refractivity contribution is 0.491. The zero-order chi connectivity index (χ0) is 13.9. The van der Waals surface area contributed by atoms with Crippen LogP contribution in [0.2, 0.25) is 5.02 Å². The Labute approximate surface area is 120 Å². The number of rotatable bonds is 2. The number of hydrogen-bond acceptors (Lipinski definition) is 3. The summed E-state index contributed by atoms with van der Waals surface area (Å²) in [5.74, 6) is 0.281. The minimum Gasteiger partial charge on any atom is -0.404 e. The molecule has 0 atom stereocenters. The third-order valence-electron chi connectivity index (χ3n) is 2.84. The van der Waals surface area contributed by atoms with E-state index in [-0.39, 0.29) is 11.5 Å². The molecule has 0 aliphatic carbocycles. The third kappa shape index (κ3) is 2.63. The molecule has 0 radical (unpaired) electrons. The van der Waals surface area contributed by atoms with Crippen LogP contribution >= 0.6 is 11.6 Å². The highest BCUT2D eigenvalue weighted by Gasteiger charge is 2.02. The lowest BCUT2D eigenvalue weighted by Gasteiger charge is -1.97. The summed E-state index contributed by atoms with van der Waals surface area (Å²) in [6.07, 6.45) is 3.48. The second-order valence-electron chi connectivity index (χ2n) is 4.24. The van der Waals surface area contributed by atoms with Crippen molar-refractivity contribution in [2.75, 3.05) is 0 Å². The van der Waals surface area contributed by atoms with Gasteiger partial charge in [-0.1, -0.05) is 35.9 Å². The van der Waals surface area contributed by atoms with Gasteiger partial charge in [0.1, 0.15) is 0 Å². The highest BCUT2D eigenvalue weighted by molar-refractivity contribution is 6.30. The van der Waals surface area contributed by atoms with Gasteiger partial charge in [0, 0.05) is 11.1 Å². The molecule has 0 aliphatic heterocycles. The van der Waals surface area contributed by atoms with Gasteiger partial charge in [0.2, 0.25) is 5.89 Å². The molecule has 3 nitrogen and oxygen atoms in total. The largest absolute Gasteiger partial charge is 0.404 e. The summed E-state index contributed by atoms with van der Waals surface area (Å²) in [5, 5.41) is 1.16. The molecule has 0 amide bonds. The maximum Gasteiger partial charge on any atom is 0.347 e. The van der Waals surface area contributed by atoms with E-state index in [0.29, 0.717) is 15.9 Å². The van der Waals surface area contributed by atoms with Crippen molar-refractivity contribution in [1.29, 1.82) is 0 Å². The quantitative estimate of drug-likeness (QED) is 0.713. The van der Waals surface area contributed by atoms with E-state index in [1.54, 1.807) is 36.4 Å². The Bertz CT molecular complexity index is 835. The second kappa shape index (κ2) is 5.31. The molecule has 0 N–H and O–H groups in total. The molecule has 0 saturated heterocycles. The number of hydrogen-bond donors (Lipinski definition) is 0. The summed E-state index contributed by atoms with van der Waals surface area (Å²) in [6, 6.07) is 14.4. The van der Waals surface area contributed by atoms with E-state index in [1.165, 1.54) is 0 Å².